The van der Waals surface area contributed by atoms with E-state index in [0.29, 0.717) is 5.89 Å². The molecule has 0 saturated carbocycles. The van der Waals surface area contributed by atoms with E-state index in [0.717, 1.165) is 36.5 Å². The lowest BCUT2D eigenvalue weighted by molar-refractivity contribution is 0.402. The molecule has 20 heavy (non-hydrogen) atoms. The topological polar surface area (TPSA) is 68.8 Å². The summed E-state index contributed by atoms with van der Waals surface area (Å²) in [5.41, 5.74) is 1.94. The molecule has 1 fully saturated rings. The largest absolute Gasteiger partial charge is 0.334 e. The third-order valence-corrected chi connectivity index (χ3v) is 3.78. The number of aromatic nitrogens is 4. The first-order valence-electron chi connectivity index (χ1n) is 7.38. The molecule has 1 N–H and O–H groups in total. The second-order valence-corrected chi connectivity index (χ2v) is 5.33. The predicted octanol–water partition coefficient (Wildman–Crippen LogP) is 2.24. The molecule has 3 heterocycles. The van der Waals surface area contributed by atoms with E-state index in [1.165, 1.54) is 19.3 Å². The molecule has 2 aromatic rings. The monoisotopic (exact) mass is 275 g/mol. The Morgan fingerprint density at radius 1 is 1.40 bits per heavy atom. The van der Waals surface area contributed by atoms with Crippen molar-refractivity contribution in [3.05, 3.63) is 17.7 Å². The van der Waals surface area contributed by atoms with Crippen molar-refractivity contribution < 1.29 is 4.52 Å². The lowest BCUT2D eigenvalue weighted by Gasteiger charge is -2.09. The molecule has 2 aromatic heterocycles. The molecule has 0 radical (unpaired) electrons. The second kappa shape index (κ2) is 5.75. The number of rotatable bonds is 3. The predicted molar refractivity (Wildman–Crippen MR) is 75.1 cm³/mol. The van der Waals surface area contributed by atoms with Crippen molar-refractivity contribution >= 4 is 0 Å². The quantitative estimate of drug-likeness (QED) is 0.930. The summed E-state index contributed by atoms with van der Waals surface area (Å²) in [6.45, 7) is 3.11. The van der Waals surface area contributed by atoms with Crippen LogP contribution >= 0.6 is 0 Å². The van der Waals surface area contributed by atoms with Gasteiger partial charge in [-0.1, -0.05) is 24.9 Å². The van der Waals surface area contributed by atoms with Crippen molar-refractivity contribution in [2.75, 3.05) is 6.54 Å². The Kier molecular flexibility index (Phi) is 3.82. The minimum absolute atomic E-state index is 0.219. The molecule has 0 spiro atoms. The molecule has 1 saturated heterocycles. The number of hydrogen-bond donors (Lipinski definition) is 1. The molecule has 1 atom stereocenters. The SMILES string of the molecule is CCc1nn(C)cc1-c1nc(C2CCCCCN2)no1. The number of aryl methyl sites for hydroxylation is 2. The molecule has 0 bridgehead atoms. The van der Waals surface area contributed by atoms with Gasteiger partial charge in [0.1, 0.15) is 0 Å². The minimum atomic E-state index is 0.219. The van der Waals surface area contributed by atoms with Crippen LogP contribution < -0.4 is 5.32 Å². The second-order valence-electron chi connectivity index (χ2n) is 5.33. The zero-order valence-corrected chi connectivity index (χ0v) is 12.1. The number of nitrogens with zero attached hydrogens (tertiary/aromatic N) is 4. The Labute approximate surface area is 118 Å². The number of nitrogens with one attached hydrogen (secondary N) is 1. The molecule has 1 unspecified atom stereocenters. The van der Waals surface area contributed by atoms with Crippen LogP contribution in [0.15, 0.2) is 10.7 Å². The molecule has 0 amide bonds. The zero-order valence-electron chi connectivity index (χ0n) is 12.1. The van der Waals surface area contributed by atoms with Gasteiger partial charge in [0.2, 0.25) is 0 Å². The highest BCUT2D eigenvalue weighted by Crippen LogP contribution is 2.25. The fourth-order valence-corrected chi connectivity index (χ4v) is 2.71. The Hall–Kier alpha value is -1.69. The van der Waals surface area contributed by atoms with Crippen LogP contribution in [0.5, 0.6) is 0 Å². The van der Waals surface area contributed by atoms with Crippen molar-refractivity contribution in [3.63, 3.8) is 0 Å². The van der Waals surface area contributed by atoms with E-state index in [9.17, 15) is 0 Å². The molecular weight excluding hydrogens is 254 g/mol. The van der Waals surface area contributed by atoms with Gasteiger partial charge in [-0.05, 0) is 25.8 Å². The first-order chi connectivity index (χ1) is 9.78. The van der Waals surface area contributed by atoms with E-state index in [1.54, 1.807) is 4.68 Å². The summed E-state index contributed by atoms with van der Waals surface area (Å²) >= 11 is 0. The maximum absolute atomic E-state index is 5.45. The lowest BCUT2D eigenvalue weighted by atomic mass is 10.1. The van der Waals surface area contributed by atoms with Crippen LogP contribution in [-0.4, -0.2) is 26.5 Å². The summed E-state index contributed by atoms with van der Waals surface area (Å²) in [7, 11) is 1.91. The summed E-state index contributed by atoms with van der Waals surface area (Å²) in [5.74, 6) is 1.35. The van der Waals surface area contributed by atoms with Crippen LogP contribution in [0.25, 0.3) is 11.5 Å². The van der Waals surface area contributed by atoms with E-state index < -0.39 is 0 Å². The Balaban J connectivity index is 1.85. The average Bonchev–Trinajstić information content (AvgIpc) is 2.97. The van der Waals surface area contributed by atoms with E-state index in [-0.39, 0.29) is 6.04 Å². The Morgan fingerprint density at radius 3 is 3.15 bits per heavy atom. The number of hydrogen-bond acceptors (Lipinski definition) is 5. The fraction of sp³-hybridized carbons (Fsp3) is 0.643. The van der Waals surface area contributed by atoms with Crippen molar-refractivity contribution in [2.24, 2.45) is 7.05 Å². The minimum Gasteiger partial charge on any atom is -0.334 e. The van der Waals surface area contributed by atoms with Crippen molar-refractivity contribution in [1.29, 1.82) is 0 Å². The lowest BCUT2D eigenvalue weighted by Crippen LogP contribution is -2.21. The van der Waals surface area contributed by atoms with Crippen LogP contribution in [-0.2, 0) is 13.5 Å². The van der Waals surface area contributed by atoms with Gasteiger partial charge in [-0.2, -0.15) is 10.1 Å². The van der Waals surface area contributed by atoms with Gasteiger partial charge in [-0.15, -0.1) is 0 Å². The molecular formula is C14H21N5O. The summed E-state index contributed by atoms with van der Waals surface area (Å²) in [4.78, 5) is 4.57. The summed E-state index contributed by atoms with van der Waals surface area (Å²) in [5, 5.41) is 12.1. The standard InChI is InChI=1S/C14H21N5O/c1-3-11-10(9-19(2)17-11)14-16-13(18-20-14)12-7-5-4-6-8-15-12/h9,12,15H,3-8H2,1-2H3. The van der Waals surface area contributed by atoms with E-state index in [1.807, 2.05) is 13.2 Å². The van der Waals surface area contributed by atoms with Gasteiger partial charge in [0.15, 0.2) is 5.82 Å². The van der Waals surface area contributed by atoms with E-state index in [2.05, 4.69) is 27.5 Å². The summed E-state index contributed by atoms with van der Waals surface area (Å²) in [6, 6.07) is 0.219. The van der Waals surface area contributed by atoms with Crippen LogP contribution in [0.1, 0.15) is 50.2 Å². The molecule has 6 heteroatoms. The van der Waals surface area contributed by atoms with Gasteiger partial charge in [0.25, 0.3) is 5.89 Å². The Bertz CT molecular complexity index is 566. The zero-order chi connectivity index (χ0) is 13.9. The van der Waals surface area contributed by atoms with Gasteiger partial charge >= 0.3 is 0 Å². The van der Waals surface area contributed by atoms with Crippen molar-refractivity contribution in [3.8, 4) is 11.5 Å². The van der Waals surface area contributed by atoms with E-state index >= 15 is 0 Å². The summed E-state index contributed by atoms with van der Waals surface area (Å²) in [6.07, 6.45) is 7.59. The maximum Gasteiger partial charge on any atom is 0.261 e. The maximum atomic E-state index is 5.45. The highest BCUT2D eigenvalue weighted by molar-refractivity contribution is 5.55. The highest BCUT2D eigenvalue weighted by Gasteiger charge is 2.21. The van der Waals surface area contributed by atoms with Gasteiger partial charge in [0, 0.05) is 13.2 Å². The molecule has 1 aliphatic heterocycles. The first kappa shape index (κ1) is 13.3. The van der Waals surface area contributed by atoms with Crippen LogP contribution in [0, 0.1) is 0 Å². The third kappa shape index (κ3) is 2.60. The summed E-state index contributed by atoms with van der Waals surface area (Å²) < 4.78 is 7.24. The molecule has 0 aliphatic carbocycles. The highest BCUT2D eigenvalue weighted by atomic mass is 16.5. The van der Waals surface area contributed by atoms with Crippen molar-refractivity contribution in [2.45, 2.75) is 45.1 Å². The van der Waals surface area contributed by atoms with Crippen LogP contribution in [0.2, 0.25) is 0 Å². The smallest absolute Gasteiger partial charge is 0.261 e. The van der Waals surface area contributed by atoms with Crippen LogP contribution in [0.4, 0.5) is 0 Å². The molecule has 108 valence electrons. The molecule has 0 aromatic carbocycles. The van der Waals surface area contributed by atoms with Crippen LogP contribution in [0.3, 0.4) is 0 Å². The fourth-order valence-electron chi connectivity index (χ4n) is 2.71. The van der Waals surface area contributed by atoms with E-state index in [4.69, 9.17) is 4.52 Å². The van der Waals surface area contributed by atoms with Gasteiger partial charge in [-0.3, -0.25) is 4.68 Å². The first-order valence-corrected chi connectivity index (χ1v) is 7.38. The van der Waals surface area contributed by atoms with Crippen molar-refractivity contribution in [1.82, 2.24) is 25.2 Å². The molecule has 6 nitrogen and oxygen atoms in total. The molecule has 3 rings (SSSR count). The van der Waals surface area contributed by atoms with Gasteiger partial charge in [0.05, 0.1) is 17.3 Å². The normalized spacial score (nSPS) is 20.0. The van der Waals surface area contributed by atoms with Gasteiger partial charge < -0.3 is 9.84 Å². The average molecular weight is 275 g/mol. The Morgan fingerprint density at radius 2 is 2.30 bits per heavy atom. The molecule has 1 aliphatic rings. The third-order valence-electron chi connectivity index (χ3n) is 3.78. The van der Waals surface area contributed by atoms with Gasteiger partial charge in [-0.25, -0.2) is 0 Å².